The smallest absolute Gasteiger partial charge is 0.145 e. The van der Waals surface area contributed by atoms with E-state index in [2.05, 4.69) is 0 Å². The predicted octanol–water partition coefficient (Wildman–Crippen LogP) is 3.49. The number of hydrogen-bond acceptors (Lipinski definition) is 1. The van der Waals surface area contributed by atoms with Crippen LogP contribution in [0.4, 0.5) is 4.39 Å². The summed E-state index contributed by atoms with van der Waals surface area (Å²) >= 11 is 5.72. The number of allylic oxidation sites excluding steroid dienone is 1. The lowest BCUT2D eigenvalue weighted by Crippen LogP contribution is -2.10. The normalized spacial score (nSPS) is 20.7. The van der Waals surface area contributed by atoms with Gasteiger partial charge in [0, 0.05) is 0 Å². The third kappa shape index (κ3) is 2.63. The predicted molar refractivity (Wildman–Crippen MR) is 63.1 cm³/mol. The quantitative estimate of drug-likeness (QED) is 0.785. The molecule has 0 amide bonds. The second-order valence-electron chi connectivity index (χ2n) is 4.17. The molecule has 0 saturated carbocycles. The Hall–Kier alpha value is -0.860. The first kappa shape index (κ1) is 11.6. The minimum absolute atomic E-state index is 0.162. The van der Waals surface area contributed by atoms with Gasteiger partial charge in [-0.3, -0.25) is 0 Å². The van der Waals surface area contributed by atoms with Gasteiger partial charge in [-0.25, -0.2) is 4.39 Å². The van der Waals surface area contributed by atoms with E-state index in [1.54, 1.807) is 18.2 Å². The van der Waals surface area contributed by atoms with Crippen molar-refractivity contribution in [2.45, 2.75) is 31.8 Å². The summed E-state index contributed by atoms with van der Waals surface area (Å²) in [6.45, 7) is 0. The molecule has 0 bridgehead atoms. The highest BCUT2D eigenvalue weighted by atomic mass is 35.5. The van der Waals surface area contributed by atoms with E-state index in [0.29, 0.717) is 12.0 Å². The van der Waals surface area contributed by atoms with Crippen molar-refractivity contribution in [1.82, 2.24) is 0 Å². The summed E-state index contributed by atoms with van der Waals surface area (Å²) in [6.07, 6.45) is 4.72. The Morgan fingerprint density at radius 3 is 3.00 bits per heavy atom. The molecule has 2 rings (SSSR count). The van der Waals surface area contributed by atoms with Crippen LogP contribution in [0, 0.1) is 5.82 Å². The summed E-state index contributed by atoms with van der Waals surface area (Å²) < 4.78 is 13.6. The molecule has 0 radical (unpaired) electrons. The maximum atomic E-state index is 13.6. The van der Waals surface area contributed by atoms with Crippen molar-refractivity contribution in [1.29, 1.82) is 0 Å². The molecule has 1 nitrogen and oxygen atoms in total. The third-order valence-electron chi connectivity index (χ3n) is 2.87. The van der Waals surface area contributed by atoms with Crippen molar-refractivity contribution in [3.63, 3.8) is 0 Å². The van der Waals surface area contributed by atoms with Crippen molar-refractivity contribution < 1.29 is 9.50 Å². The molecule has 0 saturated heterocycles. The van der Waals surface area contributed by atoms with E-state index >= 15 is 0 Å². The van der Waals surface area contributed by atoms with Gasteiger partial charge < -0.3 is 5.11 Å². The van der Waals surface area contributed by atoms with Crippen LogP contribution in [-0.4, -0.2) is 11.2 Å². The average Bonchev–Trinajstić information content (AvgIpc) is 2.25. The van der Waals surface area contributed by atoms with Crippen LogP contribution in [0.3, 0.4) is 0 Å². The standard InChI is InChI=1S/C13H14ClFO/c14-12-6-2-4-10(13(12)15)7-9-3-1-5-11(16)8-9/h2,4,6,8,11,16H,1,3,5,7H2. The second-order valence-corrected chi connectivity index (χ2v) is 4.58. The van der Waals surface area contributed by atoms with E-state index in [-0.39, 0.29) is 16.9 Å². The van der Waals surface area contributed by atoms with Gasteiger partial charge in [0.15, 0.2) is 0 Å². The molecule has 16 heavy (non-hydrogen) atoms. The number of aliphatic hydroxyl groups excluding tert-OH is 1. The highest BCUT2D eigenvalue weighted by molar-refractivity contribution is 6.30. The van der Waals surface area contributed by atoms with Crippen molar-refractivity contribution >= 4 is 11.6 Å². The highest BCUT2D eigenvalue weighted by Gasteiger charge is 2.13. The van der Waals surface area contributed by atoms with Crippen LogP contribution in [0.5, 0.6) is 0 Å². The number of rotatable bonds is 2. The lowest BCUT2D eigenvalue weighted by atomic mass is 9.92. The first-order valence-electron chi connectivity index (χ1n) is 5.47. The summed E-state index contributed by atoms with van der Waals surface area (Å²) in [5, 5.41) is 9.65. The van der Waals surface area contributed by atoms with Gasteiger partial charge in [-0.2, -0.15) is 0 Å². The van der Waals surface area contributed by atoms with Gasteiger partial charge in [0.05, 0.1) is 11.1 Å². The SMILES string of the molecule is OC1C=C(Cc2cccc(Cl)c2F)CCC1. The Bertz CT molecular complexity index is 414. The molecular formula is C13H14ClFO. The molecule has 0 spiro atoms. The fourth-order valence-electron chi connectivity index (χ4n) is 2.05. The molecule has 1 N–H and O–H groups in total. The van der Waals surface area contributed by atoms with E-state index < -0.39 is 0 Å². The number of aliphatic hydroxyl groups is 1. The van der Waals surface area contributed by atoms with E-state index in [9.17, 15) is 9.50 Å². The molecule has 1 aliphatic carbocycles. The lowest BCUT2D eigenvalue weighted by molar-refractivity contribution is 0.202. The first-order chi connectivity index (χ1) is 7.66. The van der Waals surface area contributed by atoms with Crippen LogP contribution in [0.2, 0.25) is 5.02 Å². The fourth-order valence-corrected chi connectivity index (χ4v) is 2.25. The lowest BCUT2D eigenvalue weighted by Gasteiger charge is -2.17. The van der Waals surface area contributed by atoms with Gasteiger partial charge in [-0.1, -0.05) is 35.4 Å². The Balaban J connectivity index is 2.17. The van der Waals surface area contributed by atoms with Crippen molar-refractivity contribution in [2.24, 2.45) is 0 Å². The van der Waals surface area contributed by atoms with Crippen LogP contribution in [0.15, 0.2) is 29.8 Å². The molecule has 3 heteroatoms. The molecule has 1 aromatic rings. The zero-order valence-electron chi connectivity index (χ0n) is 8.92. The van der Waals surface area contributed by atoms with Gasteiger partial charge in [-0.05, 0) is 37.3 Å². The molecule has 1 unspecified atom stereocenters. The third-order valence-corrected chi connectivity index (χ3v) is 3.17. The molecule has 86 valence electrons. The van der Waals surface area contributed by atoms with Gasteiger partial charge in [0.25, 0.3) is 0 Å². The van der Waals surface area contributed by atoms with Crippen molar-refractivity contribution in [3.05, 3.63) is 46.3 Å². The van der Waals surface area contributed by atoms with Gasteiger partial charge in [-0.15, -0.1) is 0 Å². The Labute approximate surface area is 99.6 Å². The average molecular weight is 241 g/mol. The van der Waals surface area contributed by atoms with Crippen LogP contribution < -0.4 is 0 Å². The monoisotopic (exact) mass is 240 g/mol. The largest absolute Gasteiger partial charge is 0.389 e. The van der Waals surface area contributed by atoms with E-state index in [1.165, 1.54) is 0 Å². The van der Waals surface area contributed by atoms with Gasteiger partial charge in [0.2, 0.25) is 0 Å². The number of benzene rings is 1. The van der Waals surface area contributed by atoms with Crippen molar-refractivity contribution in [2.75, 3.05) is 0 Å². The van der Waals surface area contributed by atoms with E-state index in [1.807, 2.05) is 6.08 Å². The van der Waals surface area contributed by atoms with Crippen LogP contribution in [-0.2, 0) is 6.42 Å². The summed E-state index contributed by atoms with van der Waals surface area (Å²) in [6, 6.07) is 5.04. The number of hydrogen-bond donors (Lipinski definition) is 1. The van der Waals surface area contributed by atoms with E-state index in [4.69, 9.17) is 11.6 Å². The Morgan fingerprint density at radius 2 is 2.25 bits per heavy atom. The molecular weight excluding hydrogens is 227 g/mol. The minimum Gasteiger partial charge on any atom is -0.389 e. The maximum Gasteiger partial charge on any atom is 0.145 e. The molecule has 1 aromatic carbocycles. The summed E-state index contributed by atoms with van der Waals surface area (Å²) in [4.78, 5) is 0. The number of halogens is 2. The summed E-state index contributed by atoms with van der Waals surface area (Å²) in [7, 11) is 0. The van der Waals surface area contributed by atoms with E-state index in [0.717, 1.165) is 24.8 Å². The molecule has 0 fully saturated rings. The molecule has 1 aliphatic rings. The van der Waals surface area contributed by atoms with Gasteiger partial charge >= 0.3 is 0 Å². The minimum atomic E-state index is -0.369. The summed E-state index contributed by atoms with van der Waals surface area (Å²) in [5.74, 6) is -0.342. The fraction of sp³-hybridized carbons (Fsp3) is 0.385. The van der Waals surface area contributed by atoms with Crippen LogP contribution in [0.25, 0.3) is 0 Å². The second kappa shape index (κ2) is 4.98. The zero-order valence-corrected chi connectivity index (χ0v) is 9.67. The topological polar surface area (TPSA) is 20.2 Å². The Kier molecular flexibility index (Phi) is 3.62. The van der Waals surface area contributed by atoms with Crippen LogP contribution >= 0.6 is 11.6 Å². The van der Waals surface area contributed by atoms with Crippen LogP contribution in [0.1, 0.15) is 24.8 Å². The Morgan fingerprint density at radius 1 is 1.44 bits per heavy atom. The molecule has 0 aliphatic heterocycles. The zero-order chi connectivity index (χ0) is 11.5. The molecule has 0 heterocycles. The highest BCUT2D eigenvalue weighted by Crippen LogP contribution is 2.25. The first-order valence-corrected chi connectivity index (χ1v) is 5.85. The molecule has 0 aromatic heterocycles. The van der Waals surface area contributed by atoms with Gasteiger partial charge in [0.1, 0.15) is 5.82 Å². The van der Waals surface area contributed by atoms with Crippen molar-refractivity contribution in [3.8, 4) is 0 Å². The maximum absolute atomic E-state index is 13.6. The molecule has 1 atom stereocenters. The summed E-state index contributed by atoms with van der Waals surface area (Å²) in [5.41, 5.74) is 1.70.